The van der Waals surface area contributed by atoms with E-state index in [0.717, 1.165) is 32.1 Å². The van der Waals surface area contributed by atoms with Gasteiger partial charge < -0.3 is 0 Å². The third-order valence-electron chi connectivity index (χ3n) is 7.16. The molecule has 0 spiro atoms. The van der Waals surface area contributed by atoms with Crippen molar-refractivity contribution in [3.05, 3.63) is 82.8 Å². The van der Waals surface area contributed by atoms with Crippen molar-refractivity contribution in [2.24, 2.45) is 0 Å². The Balaban J connectivity index is 1.80. The molecule has 2 aliphatic rings. The number of pyridine rings is 1. The van der Waals surface area contributed by atoms with Crippen molar-refractivity contribution < 1.29 is 18.1 Å². The minimum atomic E-state index is -0.279. The van der Waals surface area contributed by atoms with Gasteiger partial charge in [0, 0.05) is 21.9 Å². The molecule has 7 rings (SSSR count). The van der Waals surface area contributed by atoms with Gasteiger partial charge >= 0.3 is 0 Å². The van der Waals surface area contributed by atoms with Gasteiger partial charge in [-0.15, -0.1) is 0 Å². The van der Waals surface area contributed by atoms with Crippen LogP contribution in [-0.4, -0.2) is 4.57 Å². The van der Waals surface area contributed by atoms with Crippen LogP contribution in [0.3, 0.4) is 0 Å². The molecule has 0 amide bonds. The number of hydrogen-bond donors (Lipinski definition) is 0. The summed E-state index contributed by atoms with van der Waals surface area (Å²) in [6.07, 6.45) is 4.73. The topological polar surface area (TPSA) is 9.03 Å². The molecular weight excluding hydrogens is 388 g/mol. The fraction of sp³-hybridized carbons (Fsp3) is 0.300. The van der Waals surface area contributed by atoms with E-state index >= 15 is 0 Å². The molecule has 0 bridgehead atoms. The van der Waals surface area contributed by atoms with Gasteiger partial charge in [-0.05, 0) is 55.8 Å². The van der Waals surface area contributed by atoms with Gasteiger partial charge in [-0.3, -0.25) is 0 Å². The Labute approximate surface area is 203 Å². The molecule has 3 aromatic carbocycles. The van der Waals surface area contributed by atoms with E-state index in [-0.39, 0.29) is 94.9 Å². The molecule has 1 fully saturated rings. The minimum absolute atomic E-state index is 0.0266. The Morgan fingerprint density at radius 1 is 0.938 bits per heavy atom. The Morgan fingerprint density at radius 3 is 2.66 bits per heavy atom. The van der Waals surface area contributed by atoms with E-state index in [1.54, 1.807) is 22.8 Å². The number of rotatable bonds is 2. The van der Waals surface area contributed by atoms with E-state index in [2.05, 4.69) is 0 Å². The minimum Gasteiger partial charge on any atom is -0.225 e. The lowest BCUT2D eigenvalue weighted by molar-refractivity contribution is -0.466. The van der Waals surface area contributed by atoms with Crippen molar-refractivity contribution in [3.63, 3.8) is 0 Å². The third kappa shape index (κ3) is 2.44. The standard InChI is InChI=1S/C30H29N2/c1-19-14-15-26-25(16-19)24-13-7-11-22-17-31-18-27(32(26)30(31)29(22)24)28-20(2)8-6-12-23(28)21-9-4-3-5-10-21/h6-8,11-16,18,21H,3-5,9-10,17H2,1-2H3/q+1/i6D,7D,8D,11D,12D,13D,14D,15D,16D,18D. The first-order valence-electron chi connectivity index (χ1n) is 16.4. The summed E-state index contributed by atoms with van der Waals surface area (Å²) in [6.45, 7) is 3.42. The maximum absolute atomic E-state index is 9.49. The zero-order valence-corrected chi connectivity index (χ0v) is 18.2. The maximum atomic E-state index is 9.49. The van der Waals surface area contributed by atoms with E-state index < -0.39 is 0 Å². The SMILES string of the molecule is [2H]c1c([2H])c(C)c(-c2c([2H])n3c4c5c(c([2H])c([2H])c([2H])c5c5c([2H])c(C)c([2H])c([2H])c5[n+]24)C3)c(C2CCCCC2)c1[2H]. The molecule has 0 N–H and O–H groups in total. The van der Waals surface area contributed by atoms with Crippen molar-refractivity contribution in [1.29, 1.82) is 0 Å². The van der Waals surface area contributed by atoms with Crippen LogP contribution in [0.1, 0.15) is 74.0 Å². The summed E-state index contributed by atoms with van der Waals surface area (Å²) in [5, 5.41) is 0.996. The summed E-state index contributed by atoms with van der Waals surface area (Å²) in [7, 11) is 0. The van der Waals surface area contributed by atoms with E-state index in [1.807, 2.05) is 0 Å². The second-order valence-corrected chi connectivity index (χ2v) is 9.16. The van der Waals surface area contributed by atoms with Crippen LogP contribution in [0, 0.1) is 13.8 Å². The zero-order valence-electron chi connectivity index (χ0n) is 28.2. The number of fused-ring (bicyclic) bond motifs is 3. The number of hydrogen-bond acceptors (Lipinski definition) is 0. The summed E-state index contributed by atoms with van der Waals surface area (Å²) in [6, 6.07) is -1.24. The highest BCUT2D eigenvalue weighted by Gasteiger charge is 2.33. The highest BCUT2D eigenvalue weighted by Crippen LogP contribution is 2.41. The van der Waals surface area contributed by atoms with Gasteiger partial charge in [-0.25, -0.2) is 4.57 Å². The Hall–Kier alpha value is -3.13. The summed E-state index contributed by atoms with van der Waals surface area (Å²) in [4.78, 5) is 0. The highest BCUT2D eigenvalue weighted by atomic mass is 15.1. The van der Waals surface area contributed by atoms with Gasteiger partial charge in [0.2, 0.25) is 0 Å². The van der Waals surface area contributed by atoms with Crippen LogP contribution in [0.2, 0.25) is 0 Å². The lowest BCUT2D eigenvalue weighted by atomic mass is 9.80. The number of nitrogens with zero attached hydrogens (tertiary/aromatic N) is 2. The smallest absolute Gasteiger partial charge is 0.225 e. The molecule has 32 heavy (non-hydrogen) atoms. The van der Waals surface area contributed by atoms with Crippen molar-refractivity contribution in [2.45, 2.75) is 58.4 Å². The van der Waals surface area contributed by atoms with Crippen LogP contribution in [-0.2, 0) is 6.54 Å². The predicted molar refractivity (Wildman–Crippen MR) is 132 cm³/mol. The molecular formula is C30H29N2+. The monoisotopic (exact) mass is 427 g/mol. The maximum Gasteiger partial charge on any atom is 0.295 e. The van der Waals surface area contributed by atoms with Gasteiger partial charge in [0.15, 0.2) is 5.69 Å². The predicted octanol–water partition coefficient (Wildman–Crippen LogP) is 7.23. The lowest BCUT2D eigenvalue weighted by Crippen LogP contribution is -2.25. The Morgan fingerprint density at radius 2 is 1.78 bits per heavy atom. The second kappa shape index (κ2) is 6.68. The lowest BCUT2D eigenvalue weighted by Gasteiger charge is -2.24. The zero-order chi connectivity index (χ0) is 30.1. The van der Waals surface area contributed by atoms with Gasteiger partial charge in [-0.2, -0.15) is 4.40 Å². The average molecular weight is 428 g/mol. The van der Waals surface area contributed by atoms with E-state index in [9.17, 15) is 1.37 Å². The van der Waals surface area contributed by atoms with E-state index in [0.29, 0.717) is 39.0 Å². The average Bonchev–Trinajstić information content (AvgIpc) is 3.51. The van der Waals surface area contributed by atoms with Gasteiger partial charge in [0.05, 0.1) is 17.7 Å². The molecule has 2 heteroatoms. The second-order valence-electron chi connectivity index (χ2n) is 9.16. The first-order valence-corrected chi connectivity index (χ1v) is 11.4. The third-order valence-corrected chi connectivity index (χ3v) is 7.16. The molecule has 2 nitrogen and oxygen atoms in total. The van der Waals surface area contributed by atoms with Crippen molar-refractivity contribution in [3.8, 4) is 11.3 Å². The Bertz CT molecular complexity index is 2070. The molecule has 1 aliphatic carbocycles. The van der Waals surface area contributed by atoms with Gasteiger partial charge in [0.25, 0.3) is 5.65 Å². The van der Waals surface area contributed by atoms with Crippen molar-refractivity contribution in [2.75, 3.05) is 0 Å². The molecule has 2 aromatic heterocycles. The largest absolute Gasteiger partial charge is 0.295 e. The first kappa shape index (κ1) is 11.1. The molecule has 0 atom stereocenters. The molecule has 3 heterocycles. The molecule has 0 unspecified atom stereocenters. The van der Waals surface area contributed by atoms with Gasteiger partial charge in [-0.1, -0.05) is 67.1 Å². The van der Waals surface area contributed by atoms with E-state index in [4.69, 9.17) is 12.3 Å². The molecule has 5 aromatic rings. The fourth-order valence-corrected chi connectivity index (χ4v) is 5.72. The normalized spacial score (nSPS) is 20.6. The number of aromatic nitrogens is 2. The van der Waals surface area contributed by atoms with E-state index in [1.165, 1.54) is 0 Å². The van der Waals surface area contributed by atoms with Crippen LogP contribution in [0.15, 0.2) is 60.6 Å². The summed E-state index contributed by atoms with van der Waals surface area (Å²) in [5.41, 5.74) is 3.31. The quantitative estimate of drug-likeness (QED) is 0.204. The number of imidazole rings is 1. The molecule has 1 saturated carbocycles. The summed E-state index contributed by atoms with van der Waals surface area (Å²) < 4.78 is 92.2. The van der Waals surface area contributed by atoms with Crippen molar-refractivity contribution in [1.82, 2.24) is 4.57 Å². The van der Waals surface area contributed by atoms with Crippen LogP contribution in [0.25, 0.3) is 38.6 Å². The molecule has 158 valence electrons. The van der Waals surface area contributed by atoms with Crippen LogP contribution >= 0.6 is 0 Å². The summed E-state index contributed by atoms with van der Waals surface area (Å²) in [5.74, 6) is -0.0324. The van der Waals surface area contributed by atoms with Crippen LogP contribution < -0.4 is 4.40 Å². The van der Waals surface area contributed by atoms with Crippen molar-refractivity contribution >= 4 is 27.3 Å². The van der Waals surface area contributed by atoms with Crippen LogP contribution in [0.4, 0.5) is 0 Å². The summed E-state index contributed by atoms with van der Waals surface area (Å²) >= 11 is 0. The molecule has 0 radical (unpaired) electrons. The fourth-order valence-electron chi connectivity index (χ4n) is 5.72. The first-order chi connectivity index (χ1) is 19.9. The van der Waals surface area contributed by atoms with Gasteiger partial charge in [0.1, 0.15) is 19.6 Å². The number of benzene rings is 3. The molecule has 1 aliphatic heterocycles. The molecule has 0 saturated heterocycles. The van der Waals surface area contributed by atoms with Crippen LogP contribution in [0.5, 0.6) is 0 Å². The highest BCUT2D eigenvalue weighted by molar-refractivity contribution is 6.11. The Kier molecular flexibility index (Phi) is 2.33.